The maximum absolute atomic E-state index is 11.4. The number of hydrogen-bond donors (Lipinski definition) is 3. The van der Waals surface area contributed by atoms with Crippen LogP contribution >= 0.6 is 0 Å². The van der Waals surface area contributed by atoms with E-state index in [9.17, 15) is 4.79 Å². The molecule has 1 aromatic carbocycles. The number of anilines is 1. The summed E-state index contributed by atoms with van der Waals surface area (Å²) in [5, 5.41) is 5.46. The van der Waals surface area contributed by atoms with Gasteiger partial charge in [-0.25, -0.2) is 4.79 Å². The number of aryl methyl sites for hydroxylation is 1. The Bertz CT molecular complexity index is 338. The number of rotatable bonds is 3. The Kier molecular flexibility index (Phi) is 4.12. The van der Waals surface area contributed by atoms with Crippen LogP contribution in [0.1, 0.15) is 12.5 Å². The van der Waals surface area contributed by atoms with Crippen LogP contribution < -0.4 is 16.4 Å². The smallest absolute Gasteiger partial charge is 0.319 e. The van der Waals surface area contributed by atoms with E-state index in [2.05, 4.69) is 10.6 Å². The predicted octanol–water partition coefficient (Wildman–Crippen LogP) is 1.46. The Hall–Kier alpha value is -1.55. The van der Waals surface area contributed by atoms with Gasteiger partial charge in [-0.3, -0.25) is 0 Å². The van der Waals surface area contributed by atoms with Crippen molar-refractivity contribution in [2.24, 2.45) is 5.73 Å². The fraction of sp³-hybridized carbons (Fsp3) is 0.364. The Morgan fingerprint density at radius 2 is 2.27 bits per heavy atom. The highest BCUT2D eigenvalue weighted by Gasteiger charge is 2.04. The first-order valence-corrected chi connectivity index (χ1v) is 4.96. The van der Waals surface area contributed by atoms with Crippen molar-refractivity contribution in [1.82, 2.24) is 5.32 Å². The Morgan fingerprint density at radius 3 is 2.87 bits per heavy atom. The SMILES string of the molecule is Cc1cccc(NC(=O)N[C@H](C)CN)c1. The van der Waals surface area contributed by atoms with Crippen molar-refractivity contribution >= 4 is 11.7 Å². The molecule has 0 spiro atoms. The quantitative estimate of drug-likeness (QED) is 0.702. The summed E-state index contributed by atoms with van der Waals surface area (Å²) in [6, 6.07) is 7.39. The van der Waals surface area contributed by atoms with Crippen molar-refractivity contribution in [3.63, 3.8) is 0 Å². The minimum absolute atomic E-state index is 0.0187. The van der Waals surface area contributed by atoms with Crippen LogP contribution in [0.5, 0.6) is 0 Å². The van der Waals surface area contributed by atoms with Gasteiger partial charge in [0, 0.05) is 18.3 Å². The molecule has 15 heavy (non-hydrogen) atoms. The predicted molar refractivity (Wildman–Crippen MR) is 61.8 cm³/mol. The summed E-state index contributed by atoms with van der Waals surface area (Å²) in [5.74, 6) is 0. The van der Waals surface area contributed by atoms with E-state index >= 15 is 0 Å². The Morgan fingerprint density at radius 1 is 1.53 bits per heavy atom. The Balaban J connectivity index is 2.51. The van der Waals surface area contributed by atoms with Gasteiger partial charge < -0.3 is 16.4 Å². The van der Waals surface area contributed by atoms with Crippen LogP contribution in [0.2, 0.25) is 0 Å². The molecular weight excluding hydrogens is 190 g/mol. The molecule has 0 aromatic heterocycles. The van der Waals surface area contributed by atoms with Crippen molar-refractivity contribution in [3.8, 4) is 0 Å². The molecule has 1 aromatic rings. The normalized spacial score (nSPS) is 11.9. The van der Waals surface area contributed by atoms with Crippen LogP contribution in [0.4, 0.5) is 10.5 Å². The van der Waals surface area contributed by atoms with Gasteiger partial charge in [0.05, 0.1) is 0 Å². The van der Waals surface area contributed by atoms with Crippen molar-refractivity contribution in [2.45, 2.75) is 19.9 Å². The van der Waals surface area contributed by atoms with Gasteiger partial charge in [0.15, 0.2) is 0 Å². The van der Waals surface area contributed by atoms with Gasteiger partial charge in [-0.2, -0.15) is 0 Å². The summed E-state index contributed by atoms with van der Waals surface area (Å²) < 4.78 is 0. The minimum Gasteiger partial charge on any atom is -0.334 e. The molecular formula is C11H17N3O. The second-order valence-corrected chi connectivity index (χ2v) is 3.60. The zero-order valence-electron chi connectivity index (χ0n) is 9.08. The first kappa shape index (κ1) is 11.5. The monoisotopic (exact) mass is 207 g/mol. The third-order valence-electron chi connectivity index (χ3n) is 2.01. The molecule has 0 heterocycles. The standard InChI is InChI=1S/C11H17N3O/c1-8-4-3-5-10(6-8)14-11(15)13-9(2)7-12/h3-6,9H,7,12H2,1-2H3,(H2,13,14,15)/t9-/m1/s1. The van der Waals surface area contributed by atoms with E-state index < -0.39 is 0 Å². The summed E-state index contributed by atoms with van der Waals surface area (Å²) in [6.07, 6.45) is 0. The van der Waals surface area contributed by atoms with E-state index in [0.29, 0.717) is 6.54 Å². The second-order valence-electron chi connectivity index (χ2n) is 3.60. The molecule has 4 N–H and O–H groups in total. The lowest BCUT2D eigenvalue weighted by molar-refractivity contribution is 0.249. The molecule has 0 aliphatic heterocycles. The highest BCUT2D eigenvalue weighted by molar-refractivity contribution is 5.89. The summed E-state index contributed by atoms with van der Waals surface area (Å²) in [5.41, 5.74) is 7.29. The largest absolute Gasteiger partial charge is 0.334 e. The van der Waals surface area contributed by atoms with E-state index in [1.807, 2.05) is 38.1 Å². The number of benzene rings is 1. The van der Waals surface area contributed by atoms with Gasteiger partial charge in [0.1, 0.15) is 0 Å². The molecule has 0 saturated carbocycles. The maximum Gasteiger partial charge on any atom is 0.319 e. The number of hydrogen-bond acceptors (Lipinski definition) is 2. The molecule has 1 rings (SSSR count). The van der Waals surface area contributed by atoms with E-state index in [1.54, 1.807) is 0 Å². The van der Waals surface area contributed by atoms with Crippen molar-refractivity contribution in [3.05, 3.63) is 29.8 Å². The Labute approximate surface area is 89.9 Å². The number of carbonyl (C=O) groups is 1. The summed E-state index contributed by atoms with van der Waals surface area (Å²) >= 11 is 0. The number of amides is 2. The van der Waals surface area contributed by atoms with Crippen LogP contribution in [-0.4, -0.2) is 18.6 Å². The van der Waals surface area contributed by atoms with E-state index in [4.69, 9.17) is 5.73 Å². The van der Waals surface area contributed by atoms with E-state index in [-0.39, 0.29) is 12.1 Å². The zero-order valence-corrected chi connectivity index (χ0v) is 9.08. The fourth-order valence-electron chi connectivity index (χ4n) is 1.17. The lowest BCUT2D eigenvalue weighted by Gasteiger charge is -2.12. The first-order chi connectivity index (χ1) is 7.11. The van der Waals surface area contributed by atoms with Crippen molar-refractivity contribution in [1.29, 1.82) is 0 Å². The lowest BCUT2D eigenvalue weighted by atomic mass is 10.2. The van der Waals surface area contributed by atoms with E-state index in [1.165, 1.54) is 0 Å². The molecule has 1 atom stereocenters. The van der Waals surface area contributed by atoms with Crippen molar-refractivity contribution in [2.75, 3.05) is 11.9 Å². The average molecular weight is 207 g/mol. The van der Waals surface area contributed by atoms with Crippen LogP contribution in [0.25, 0.3) is 0 Å². The van der Waals surface area contributed by atoms with Gasteiger partial charge in [-0.1, -0.05) is 12.1 Å². The van der Waals surface area contributed by atoms with Crippen LogP contribution in [-0.2, 0) is 0 Å². The lowest BCUT2D eigenvalue weighted by Crippen LogP contribution is -2.40. The molecule has 2 amide bonds. The van der Waals surface area contributed by atoms with E-state index in [0.717, 1.165) is 11.3 Å². The third-order valence-corrected chi connectivity index (χ3v) is 2.01. The molecule has 0 bridgehead atoms. The molecule has 0 unspecified atom stereocenters. The number of nitrogens with one attached hydrogen (secondary N) is 2. The van der Waals surface area contributed by atoms with Gasteiger partial charge in [-0.15, -0.1) is 0 Å². The minimum atomic E-state index is -0.224. The second kappa shape index (κ2) is 5.36. The maximum atomic E-state index is 11.4. The molecule has 0 aliphatic rings. The molecule has 0 radical (unpaired) electrons. The zero-order chi connectivity index (χ0) is 11.3. The highest BCUT2D eigenvalue weighted by Crippen LogP contribution is 2.08. The number of carbonyl (C=O) groups excluding carboxylic acids is 1. The molecule has 4 nitrogen and oxygen atoms in total. The number of urea groups is 1. The van der Waals surface area contributed by atoms with Gasteiger partial charge >= 0.3 is 6.03 Å². The average Bonchev–Trinajstić information content (AvgIpc) is 2.17. The van der Waals surface area contributed by atoms with Gasteiger partial charge in [0.2, 0.25) is 0 Å². The summed E-state index contributed by atoms with van der Waals surface area (Å²) in [6.45, 7) is 4.27. The van der Waals surface area contributed by atoms with Crippen LogP contribution in [0.3, 0.4) is 0 Å². The van der Waals surface area contributed by atoms with Gasteiger partial charge in [0.25, 0.3) is 0 Å². The van der Waals surface area contributed by atoms with Gasteiger partial charge in [-0.05, 0) is 31.5 Å². The molecule has 0 fully saturated rings. The van der Waals surface area contributed by atoms with Crippen LogP contribution in [0, 0.1) is 6.92 Å². The third kappa shape index (κ3) is 3.99. The van der Waals surface area contributed by atoms with Crippen molar-refractivity contribution < 1.29 is 4.79 Å². The molecule has 4 heteroatoms. The summed E-state index contributed by atoms with van der Waals surface area (Å²) in [4.78, 5) is 11.4. The summed E-state index contributed by atoms with van der Waals surface area (Å²) in [7, 11) is 0. The molecule has 0 aliphatic carbocycles. The highest BCUT2D eigenvalue weighted by atomic mass is 16.2. The number of nitrogens with two attached hydrogens (primary N) is 1. The first-order valence-electron chi connectivity index (χ1n) is 4.96. The fourth-order valence-corrected chi connectivity index (χ4v) is 1.17. The molecule has 0 saturated heterocycles. The molecule has 82 valence electrons. The van der Waals surface area contributed by atoms with Crippen LogP contribution in [0.15, 0.2) is 24.3 Å². The topological polar surface area (TPSA) is 67.2 Å².